The zero-order valence-corrected chi connectivity index (χ0v) is 41.2. The maximum Gasteiger partial charge on any atom is 0.319 e. The van der Waals surface area contributed by atoms with Gasteiger partial charge >= 0.3 is 6.01 Å². The fraction of sp³-hybridized carbons (Fsp3) is 0.509. The smallest absolute Gasteiger partial charge is 0.319 e. The van der Waals surface area contributed by atoms with Crippen molar-refractivity contribution in [2.45, 2.75) is 96.7 Å². The number of anilines is 2. The van der Waals surface area contributed by atoms with Gasteiger partial charge in [-0.25, -0.2) is 8.78 Å². The maximum atomic E-state index is 17.2. The Morgan fingerprint density at radius 3 is 2.39 bits per heavy atom. The normalized spacial score (nSPS) is 23.7. The van der Waals surface area contributed by atoms with E-state index in [-0.39, 0.29) is 51.2 Å². The van der Waals surface area contributed by atoms with Crippen molar-refractivity contribution in [2.24, 2.45) is 10.8 Å². The van der Waals surface area contributed by atoms with Crippen LogP contribution in [0.1, 0.15) is 93.6 Å². The summed E-state index contributed by atoms with van der Waals surface area (Å²) in [5.41, 5.74) is 3.33. The predicted molar refractivity (Wildman–Crippen MR) is 270 cm³/mol. The van der Waals surface area contributed by atoms with Gasteiger partial charge in [-0.05, 0) is 142 Å². The van der Waals surface area contributed by atoms with Gasteiger partial charge in [0.1, 0.15) is 34.6 Å². The largest absolute Gasteiger partial charge is 0.508 e. The van der Waals surface area contributed by atoms with Crippen molar-refractivity contribution in [1.82, 2.24) is 35.0 Å². The molecular formula is C55H65F2N9O5. The standard InChI is InChI=1S/C55H65F2N9O5/c1-5-39-43(56)11-8-35-26-38(67)27-41(45(35)39)47-46(57)48-42(28-58-47)49(65-18-6-13-54(4,70)31-65)61-52(60-48)71-33-55(14-15-55)32-62-19-16-53(3,17-20-62)30-63-21-23-64(24-22-63)37-9-10-40-36(25-37)29-66(51(40)69)44-12-7-34(2)59-50(44)68/h8-11,25-28,44,67,70H,2,5-7,12-24,29-33H2,1,3-4H3,(H,59,68)/t44-,54-/m1/s1. The first-order chi connectivity index (χ1) is 34.1. The first-order valence-electron chi connectivity index (χ1n) is 25.6. The molecule has 16 heteroatoms. The number of β-amino-alcohol motifs (C(OH)–C–C–N with tert-alkyl or cyclic N) is 1. The zero-order chi connectivity index (χ0) is 49.4. The van der Waals surface area contributed by atoms with Crippen LogP contribution < -0.4 is 19.9 Å². The van der Waals surface area contributed by atoms with Crippen molar-refractivity contribution in [3.8, 4) is 23.0 Å². The van der Waals surface area contributed by atoms with Crippen molar-refractivity contribution >= 4 is 45.0 Å². The van der Waals surface area contributed by atoms with Crippen LogP contribution >= 0.6 is 0 Å². The van der Waals surface area contributed by atoms with E-state index < -0.39 is 23.3 Å². The lowest BCUT2D eigenvalue weighted by molar-refractivity contribution is -0.126. The monoisotopic (exact) mass is 970 g/mol. The van der Waals surface area contributed by atoms with E-state index >= 15 is 8.78 Å². The summed E-state index contributed by atoms with van der Waals surface area (Å²) in [7, 11) is 0. The lowest BCUT2D eigenvalue weighted by Crippen LogP contribution is -2.52. The molecule has 2 atom stereocenters. The molecule has 0 bridgehead atoms. The Bertz CT molecular complexity index is 2950. The highest BCUT2D eigenvalue weighted by atomic mass is 19.1. The summed E-state index contributed by atoms with van der Waals surface area (Å²) in [6.07, 6.45) is 8.75. The molecule has 5 fully saturated rings. The summed E-state index contributed by atoms with van der Waals surface area (Å²) >= 11 is 0. The van der Waals surface area contributed by atoms with Gasteiger partial charge in [-0.1, -0.05) is 26.5 Å². The van der Waals surface area contributed by atoms with Gasteiger partial charge in [0.2, 0.25) is 5.91 Å². The second kappa shape index (κ2) is 18.3. The Labute approximate surface area is 413 Å². The van der Waals surface area contributed by atoms with Gasteiger partial charge in [0.15, 0.2) is 5.82 Å². The number of ether oxygens (including phenoxy) is 1. The number of hydrogen-bond acceptors (Lipinski definition) is 12. The first kappa shape index (κ1) is 47.4. The van der Waals surface area contributed by atoms with Gasteiger partial charge in [0.25, 0.3) is 5.91 Å². The molecule has 11 rings (SSSR count). The number of piperazine rings is 1. The number of benzene rings is 3. The fourth-order valence-corrected chi connectivity index (χ4v) is 12.1. The number of aryl methyl sites for hydroxylation is 1. The molecule has 4 saturated heterocycles. The van der Waals surface area contributed by atoms with Gasteiger partial charge < -0.3 is 39.9 Å². The molecule has 1 aliphatic carbocycles. The van der Waals surface area contributed by atoms with Gasteiger partial charge in [0.05, 0.1) is 17.6 Å². The van der Waals surface area contributed by atoms with Crippen LogP contribution in [0.2, 0.25) is 0 Å². The number of pyridine rings is 1. The second-order valence-electron chi connectivity index (χ2n) is 22.1. The molecule has 14 nitrogen and oxygen atoms in total. The summed E-state index contributed by atoms with van der Waals surface area (Å²) in [6.45, 7) is 19.4. The van der Waals surface area contributed by atoms with E-state index in [1.165, 1.54) is 18.3 Å². The number of amides is 2. The second-order valence-corrected chi connectivity index (χ2v) is 22.1. The number of nitrogens with one attached hydrogen (secondary N) is 1. The Morgan fingerprint density at radius 2 is 1.66 bits per heavy atom. The van der Waals surface area contributed by atoms with E-state index in [1.807, 2.05) is 17.9 Å². The summed E-state index contributed by atoms with van der Waals surface area (Å²) < 4.78 is 38.8. The number of carbonyl (C=O) groups excluding carboxylic acids is 2. The lowest BCUT2D eigenvalue weighted by Gasteiger charge is -2.45. The van der Waals surface area contributed by atoms with Crippen molar-refractivity contribution in [1.29, 1.82) is 0 Å². The number of aromatic nitrogens is 3. The average molecular weight is 970 g/mol. The van der Waals surface area contributed by atoms with Gasteiger partial charge in [-0.3, -0.25) is 19.5 Å². The van der Waals surface area contributed by atoms with E-state index in [0.29, 0.717) is 90.7 Å². The number of nitrogens with zero attached hydrogens (tertiary/aromatic N) is 8. The van der Waals surface area contributed by atoms with E-state index in [4.69, 9.17) is 14.7 Å². The molecule has 2 aromatic heterocycles. The molecule has 3 aromatic carbocycles. The number of halogens is 2. The molecule has 0 spiro atoms. The number of fused-ring (bicyclic) bond motifs is 3. The number of aromatic hydroxyl groups is 1. The number of allylic oxidation sites excluding steroid dienone is 1. The Balaban J connectivity index is 0.733. The molecule has 7 heterocycles. The number of piperidine rings is 3. The third-order valence-corrected chi connectivity index (χ3v) is 16.4. The topological polar surface area (TPSA) is 151 Å². The Kier molecular flexibility index (Phi) is 12.2. The minimum Gasteiger partial charge on any atom is -0.508 e. The van der Waals surface area contributed by atoms with E-state index in [0.717, 1.165) is 95.7 Å². The molecule has 5 aromatic rings. The van der Waals surface area contributed by atoms with Crippen LogP contribution in [0.25, 0.3) is 32.9 Å². The number of carbonyl (C=O) groups is 2. The zero-order valence-electron chi connectivity index (χ0n) is 41.2. The molecule has 2 amide bonds. The summed E-state index contributed by atoms with van der Waals surface area (Å²) in [5.74, 6) is -0.993. The minimum absolute atomic E-state index is 0.0140. The number of phenolic OH excluding ortho intramolecular Hbond substituents is 1. The highest BCUT2D eigenvalue weighted by Gasteiger charge is 2.47. The number of likely N-dealkylation sites (tertiary alicyclic amines) is 1. The summed E-state index contributed by atoms with van der Waals surface area (Å²) in [6, 6.07) is 11.6. The van der Waals surface area contributed by atoms with Crippen molar-refractivity contribution in [3.63, 3.8) is 0 Å². The van der Waals surface area contributed by atoms with Crippen LogP contribution in [-0.2, 0) is 17.8 Å². The average Bonchev–Trinajstić information content (AvgIpc) is 4.04. The third kappa shape index (κ3) is 9.27. The summed E-state index contributed by atoms with van der Waals surface area (Å²) in [5, 5.41) is 26.1. The van der Waals surface area contributed by atoms with Crippen LogP contribution in [0.5, 0.6) is 11.8 Å². The Morgan fingerprint density at radius 1 is 0.887 bits per heavy atom. The Hall–Kier alpha value is -5.97. The molecule has 3 N–H and O–H groups in total. The molecule has 374 valence electrons. The third-order valence-electron chi connectivity index (χ3n) is 16.4. The molecule has 71 heavy (non-hydrogen) atoms. The number of hydrogen-bond donors (Lipinski definition) is 3. The number of aliphatic hydroxyl groups is 1. The highest BCUT2D eigenvalue weighted by Crippen LogP contribution is 2.48. The summed E-state index contributed by atoms with van der Waals surface area (Å²) in [4.78, 5) is 51.5. The molecule has 1 saturated carbocycles. The van der Waals surface area contributed by atoms with Crippen LogP contribution in [0, 0.1) is 22.5 Å². The van der Waals surface area contributed by atoms with Crippen LogP contribution in [0.15, 0.2) is 60.9 Å². The molecular weight excluding hydrogens is 905 g/mol. The molecule has 0 unspecified atom stereocenters. The predicted octanol–water partition coefficient (Wildman–Crippen LogP) is 7.57. The van der Waals surface area contributed by atoms with E-state index in [1.54, 1.807) is 24.0 Å². The number of phenols is 1. The SMILES string of the molecule is C=C1CC[C@@H](N2Cc3cc(N4CCN(CC5(C)CCN(CC6(COc7nc(N8CCC[C@@](C)(O)C8)c8cnc(-c9cc(O)cc%10ccc(F)c(CC)c9%10)c(F)c8n7)CC6)CC5)CC4)ccc3C2=O)C(=O)N1. The first-order valence-corrected chi connectivity index (χ1v) is 25.6. The quantitative estimate of drug-likeness (QED) is 0.113. The number of rotatable bonds is 12. The van der Waals surface area contributed by atoms with Crippen LogP contribution in [0.4, 0.5) is 20.3 Å². The lowest BCUT2D eigenvalue weighted by atomic mass is 9.79. The minimum atomic E-state index is -0.965. The maximum absolute atomic E-state index is 17.2. The van der Waals surface area contributed by atoms with Gasteiger partial charge in [0, 0.05) is 93.0 Å². The molecule has 0 radical (unpaired) electrons. The van der Waals surface area contributed by atoms with Crippen LogP contribution in [-0.4, -0.2) is 135 Å². The van der Waals surface area contributed by atoms with E-state index in [2.05, 4.69) is 50.6 Å². The fourth-order valence-electron chi connectivity index (χ4n) is 12.1. The van der Waals surface area contributed by atoms with Crippen molar-refractivity contribution in [2.75, 3.05) is 81.9 Å². The van der Waals surface area contributed by atoms with Crippen molar-refractivity contribution < 1.29 is 33.3 Å². The van der Waals surface area contributed by atoms with Crippen molar-refractivity contribution in [3.05, 3.63) is 89.3 Å². The van der Waals surface area contributed by atoms with Crippen LogP contribution in [0.3, 0.4) is 0 Å². The van der Waals surface area contributed by atoms with Gasteiger partial charge in [-0.2, -0.15) is 9.97 Å². The van der Waals surface area contributed by atoms with E-state index in [9.17, 15) is 19.8 Å². The van der Waals surface area contributed by atoms with Gasteiger partial charge in [-0.15, -0.1) is 0 Å². The highest BCUT2D eigenvalue weighted by molar-refractivity contribution is 6.03. The molecule has 6 aliphatic rings. The molecule has 5 aliphatic heterocycles.